The van der Waals surface area contributed by atoms with E-state index >= 15 is 0 Å². The Bertz CT molecular complexity index is 4760. The lowest BCUT2D eigenvalue weighted by molar-refractivity contribution is -0.117. The maximum Gasteiger partial charge on any atom is 0.323 e. The Kier molecular flexibility index (Phi) is 25.2. The Labute approximate surface area is 591 Å². The number of allylic oxidation sites excluding steroid dienone is 3. The van der Waals surface area contributed by atoms with E-state index in [2.05, 4.69) is 70.9 Å². The van der Waals surface area contributed by atoms with Gasteiger partial charge in [0.1, 0.15) is 74.7 Å². The number of pyridine rings is 1. The molecular weight excluding hydrogens is 1370 g/mol. The fraction of sp³-hybridized carbons (Fsp3) is 0.230. The molecule has 7 N–H and O–H groups in total. The highest BCUT2D eigenvalue weighted by atomic mass is 35.5. The third-order valence-corrected chi connectivity index (χ3v) is 17.5. The number of benzene rings is 6. The smallest absolute Gasteiger partial charge is 0.323 e. The predicted octanol–water partition coefficient (Wildman–Crippen LogP) is 15.4. The van der Waals surface area contributed by atoms with Crippen LogP contribution in [0.25, 0.3) is 27.8 Å². The molecule has 4 heterocycles. The van der Waals surface area contributed by atoms with Crippen LogP contribution in [0.2, 0.25) is 10.0 Å². The minimum atomic E-state index is -3.14. The molecule has 20 nitrogen and oxygen atoms in total. The number of carbonyl (C=O) groups is 4. The van der Waals surface area contributed by atoms with Crippen molar-refractivity contribution in [1.82, 2.24) is 35.8 Å². The molecule has 526 valence electrons. The number of aromatic nitrogens is 3. The quantitative estimate of drug-likeness (QED) is 0.0169. The molecule has 5 amide bonds. The van der Waals surface area contributed by atoms with E-state index in [4.69, 9.17) is 37.1 Å². The number of nitrogens with one attached hydrogen (secondary N) is 7. The van der Waals surface area contributed by atoms with Crippen molar-refractivity contribution in [3.8, 4) is 28.6 Å². The highest BCUT2D eigenvalue weighted by molar-refractivity contribution is 7.90. The third kappa shape index (κ3) is 20.8. The van der Waals surface area contributed by atoms with Crippen LogP contribution >= 0.6 is 23.2 Å². The van der Waals surface area contributed by atoms with Gasteiger partial charge < -0.3 is 56.0 Å². The van der Waals surface area contributed by atoms with E-state index in [9.17, 15) is 45.2 Å². The molecule has 0 saturated carbocycles. The van der Waals surface area contributed by atoms with Crippen molar-refractivity contribution in [3.63, 3.8) is 0 Å². The number of urea groups is 1. The standard InChI is InChI=1S/C29H26ClFN4O4S.C23H28FN3O2.C22H19ClF2N4O3/c1-40(36,37)12-11-32-16-23-7-10-27(39-23)20-5-8-26-24(14-20)29(34-18-33-26)35-22-6-9-28(25(30)15-22)38-17-19-3-2-4-21(31)13-19;1-5-27(6-2)10-9-25-23(29)21-14(3)11-16(15(21)4)12-19-18-13-17(24)7-8-20(18)26-22(19)28;1-22(24,25)17-11-14(5-8-18(17)23)29-21(31)28-13-3-6-15(7-4-13)32-16-9-10-27-19(12-16)20(30)26-2/h2-10,13-15,18,32H,11-12,16-17H2,1H3,(H,33,34,35);7-8,12-13H,5-6,9-11H2,1-4H3,(H,25,29)(H,26,28);3-12H,1-2H3,(H,26,30)(H2,28,29,31)/b;19-12-;. The topological polar surface area (TPSA) is 260 Å². The Morgan fingerprint density at radius 1 is 0.782 bits per heavy atom. The third-order valence-electron chi connectivity index (χ3n) is 15.9. The predicted molar refractivity (Wildman–Crippen MR) is 386 cm³/mol. The number of carbonyl (C=O) groups excluding carboxylic acids is 4. The molecule has 2 aliphatic rings. The van der Waals surface area contributed by atoms with Gasteiger partial charge in [-0.2, -0.15) is 0 Å². The van der Waals surface area contributed by atoms with E-state index in [0.717, 1.165) is 65.8 Å². The zero-order valence-electron chi connectivity index (χ0n) is 56.1. The molecule has 101 heavy (non-hydrogen) atoms. The fourth-order valence-corrected chi connectivity index (χ4v) is 11.7. The van der Waals surface area contributed by atoms with Crippen LogP contribution in [-0.4, -0.2) is 104 Å². The lowest BCUT2D eigenvalue weighted by atomic mass is 10.0. The number of nitrogens with zero attached hydrogens (tertiary/aromatic N) is 4. The lowest BCUT2D eigenvalue weighted by Crippen LogP contribution is -2.35. The number of halogens is 6. The molecule has 9 aromatic rings. The number of ether oxygens (including phenoxy) is 2. The summed E-state index contributed by atoms with van der Waals surface area (Å²) in [4.78, 5) is 64.0. The average Bonchev–Trinajstić information content (AvgIpc) is 1.71. The Morgan fingerprint density at radius 3 is 2.25 bits per heavy atom. The van der Waals surface area contributed by atoms with Crippen molar-refractivity contribution >= 4 is 102 Å². The molecule has 1 aliphatic carbocycles. The maximum absolute atomic E-state index is 13.7. The fourth-order valence-electron chi connectivity index (χ4n) is 10.7. The van der Waals surface area contributed by atoms with Crippen molar-refractivity contribution in [1.29, 1.82) is 0 Å². The van der Waals surface area contributed by atoms with E-state index in [1.807, 2.05) is 50.2 Å². The Morgan fingerprint density at radius 2 is 1.52 bits per heavy atom. The summed E-state index contributed by atoms with van der Waals surface area (Å²) in [5.41, 5.74) is 8.51. The number of fused-ring (bicyclic) bond motifs is 2. The molecule has 1 aliphatic heterocycles. The largest absolute Gasteiger partial charge is 0.487 e. The van der Waals surface area contributed by atoms with Crippen molar-refractivity contribution in [2.75, 3.05) is 73.0 Å². The van der Waals surface area contributed by atoms with E-state index in [1.165, 1.54) is 68.3 Å². The lowest BCUT2D eigenvalue weighted by Gasteiger charge is -2.18. The number of alkyl halides is 2. The number of likely N-dealkylation sites (N-methyl/N-ethyl adjacent to an activating group) is 1. The summed E-state index contributed by atoms with van der Waals surface area (Å²) in [6.07, 6.45) is 6.54. The highest BCUT2D eigenvalue weighted by Crippen LogP contribution is 2.40. The number of amides is 5. The molecule has 0 saturated heterocycles. The van der Waals surface area contributed by atoms with Gasteiger partial charge in [-0.1, -0.05) is 54.8 Å². The zero-order chi connectivity index (χ0) is 72.5. The van der Waals surface area contributed by atoms with Gasteiger partial charge in [0.2, 0.25) is 0 Å². The first kappa shape index (κ1) is 74.8. The molecule has 11 rings (SSSR count). The minimum Gasteiger partial charge on any atom is -0.487 e. The number of anilines is 5. The Balaban J connectivity index is 0.000000179. The Hall–Kier alpha value is -10.4. The summed E-state index contributed by atoms with van der Waals surface area (Å²) in [6, 6.07) is 38.0. The van der Waals surface area contributed by atoms with Gasteiger partial charge in [-0.15, -0.1) is 0 Å². The summed E-state index contributed by atoms with van der Waals surface area (Å²) in [7, 11) is -1.51. The monoisotopic (exact) mass is 1440 g/mol. The van der Waals surface area contributed by atoms with Gasteiger partial charge in [-0.05, 0) is 184 Å². The summed E-state index contributed by atoms with van der Waals surface area (Å²) in [5, 5.41) is 20.8. The molecular formula is C74H73Cl2F4N11O9S. The molecule has 0 unspecified atom stereocenters. The summed E-state index contributed by atoms with van der Waals surface area (Å²) < 4.78 is 94.3. The van der Waals surface area contributed by atoms with E-state index < -0.39 is 21.8 Å². The van der Waals surface area contributed by atoms with Crippen LogP contribution in [0.4, 0.5) is 50.9 Å². The van der Waals surface area contributed by atoms with Crippen molar-refractivity contribution in [3.05, 3.63) is 236 Å². The molecule has 27 heteroatoms. The van der Waals surface area contributed by atoms with E-state index in [-0.39, 0.29) is 63.7 Å². The minimum absolute atomic E-state index is 0.0664. The van der Waals surface area contributed by atoms with Gasteiger partial charge in [0, 0.05) is 113 Å². The molecule has 0 radical (unpaired) electrons. The van der Waals surface area contributed by atoms with Gasteiger partial charge in [-0.25, -0.2) is 40.7 Å². The highest BCUT2D eigenvalue weighted by Gasteiger charge is 2.30. The second kappa shape index (κ2) is 34.1. The van der Waals surface area contributed by atoms with Crippen molar-refractivity contribution in [2.24, 2.45) is 0 Å². The molecule has 6 aromatic carbocycles. The average molecular weight is 1440 g/mol. The van der Waals surface area contributed by atoms with Crippen LogP contribution in [0, 0.1) is 11.6 Å². The molecule has 0 spiro atoms. The maximum atomic E-state index is 13.7. The van der Waals surface area contributed by atoms with E-state index in [0.29, 0.717) is 105 Å². The second-order valence-electron chi connectivity index (χ2n) is 23.4. The molecule has 0 bridgehead atoms. The van der Waals surface area contributed by atoms with Crippen LogP contribution in [0.3, 0.4) is 0 Å². The number of hydrogen-bond acceptors (Lipinski definition) is 15. The first-order chi connectivity index (χ1) is 48.2. The van der Waals surface area contributed by atoms with Crippen LogP contribution in [-0.2, 0) is 38.5 Å². The van der Waals surface area contributed by atoms with Gasteiger partial charge in [0.25, 0.3) is 23.6 Å². The SMILES string of the molecule is CCN(CC)CCNC(=O)C1=C(C)CC(/C=C2\C(=O)Nc3ccc(F)cc32)=C1C.CNC(=O)c1cc(Oc2ccc(NC(=O)Nc3ccc(Cl)c(C(C)(F)F)c3)cc2)ccn1.CS(=O)(=O)CCNCc1ccc(-c2ccc3ncnc(Nc4ccc(OCc5cccc(F)c5)c(Cl)c4)c3c2)o1. The molecule has 0 atom stereocenters. The summed E-state index contributed by atoms with van der Waals surface area (Å²) in [6.45, 7) is 13.0. The molecule has 0 fully saturated rings. The first-order valence-electron chi connectivity index (χ1n) is 31.9. The number of furan rings is 1. The second-order valence-corrected chi connectivity index (χ2v) is 26.5. The number of rotatable bonds is 24. The van der Waals surface area contributed by atoms with E-state index in [1.54, 1.807) is 66.7 Å². The van der Waals surface area contributed by atoms with Crippen LogP contribution in [0.15, 0.2) is 191 Å². The van der Waals surface area contributed by atoms with Crippen molar-refractivity contribution in [2.45, 2.75) is 60.1 Å². The van der Waals surface area contributed by atoms with Crippen LogP contribution in [0.5, 0.6) is 17.2 Å². The van der Waals surface area contributed by atoms with Gasteiger partial charge in [-0.3, -0.25) is 19.4 Å². The first-order valence-corrected chi connectivity index (χ1v) is 34.7. The summed E-state index contributed by atoms with van der Waals surface area (Å²) >= 11 is 12.3. The van der Waals surface area contributed by atoms with Crippen LogP contribution < -0.4 is 46.7 Å². The zero-order valence-corrected chi connectivity index (χ0v) is 58.4. The van der Waals surface area contributed by atoms with Gasteiger partial charge in [0.05, 0.1) is 22.8 Å². The van der Waals surface area contributed by atoms with Gasteiger partial charge in [0.15, 0.2) is 0 Å². The van der Waals surface area contributed by atoms with Crippen molar-refractivity contribution < 1.29 is 59.0 Å². The van der Waals surface area contributed by atoms with Crippen LogP contribution in [0.1, 0.15) is 74.0 Å². The number of hydrogen-bond donors (Lipinski definition) is 7. The number of sulfone groups is 1. The molecule has 3 aromatic heterocycles. The normalized spacial score (nSPS) is 13.0. The summed E-state index contributed by atoms with van der Waals surface area (Å²) in [5.74, 6) is -1.13. The van der Waals surface area contributed by atoms with Gasteiger partial charge >= 0.3 is 6.03 Å².